The molecule has 0 fully saturated rings. The van der Waals surface area contributed by atoms with Gasteiger partial charge in [-0.1, -0.05) is 26.7 Å². The minimum Gasteiger partial charge on any atom is -0.460 e. The summed E-state index contributed by atoms with van der Waals surface area (Å²) in [5, 5.41) is 0. The lowest BCUT2D eigenvalue weighted by atomic mass is 10.3. The molecule has 19 heavy (non-hydrogen) atoms. The zero-order chi connectivity index (χ0) is 14.5. The number of rotatable bonds is 12. The van der Waals surface area contributed by atoms with Crippen LogP contribution >= 0.6 is 0 Å². The molecule has 5 nitrogen and oxygen atoms in total. The molecule has 0 aliphatic rings. The summed E-state index contributed by atoms with van der Waals surface area (Å²) in [6.45, 7) is 6.70. The Morgan fingerprint density at radius 3 is 1.95 bits per heavy atom. The molecule has 0 saturated heterocycles. The molecule has 0 radical (unpaired) electrons. The summed E-state index contributed by atoms with van der Waals surface area (Å²) < 4.78 is 16.0. The zero-order valence-corrected chi connectivity index (χ0v) is 12.3. The predicted octanol–water partition coefficient (Wildman–Crippen LogP) is 2.47. The third-order valence-electron chi connectivity index (χ3n) is 2.38. The lowest BCUT2D eigenvalue weighted by Crippen LogP contribution is -2.26. The van der Waals surface area contributed by atoms with E-state index < -0.39 is 12.3 Å². The van der Waals surface area contributed by atoms with Gasteiger partial charge in [-0.25, -0.2) is 0 Å². The molecule has 0 spiro atoms. The van der Waals surface area contributed by atoms with Crippen LogP contribution in [0.25, 0.3) is 0 Å². The van der Waals surface area contributed by atoms with E-state index in [1.54, 1.807) is 0 Å². The number of ketones is 1. The van der Waals surface area contributed by atoms with Crippen LogP contribution in [0.1, 0.15) is 52.9 Å². The first-order chi connectivity index (χ1) is 9.10. The van der Waals surface area contributed by atoms with Crippen molar-refractivity contribution in [1.82, 2.24) is 0 Å². The molecule has 5 heteroatoms. The number of Topliss-reactive ketones (excluding diaryl/α,β-unsaturated/α-hetero) is 1. The van der Waals surface area contributed by atoms with Gasteiger partial charge in [0.2, 0.25) is 0 Å². The number of esters is 1. The molecule has 0 aromatic carbocycles. The standard InChI is InChI=1S/C14H26O5/c1-4-6-8-17-14(18-9-7-5-2)11-19-13(16)10-12(3)15/h14H,4-11H2,1-3H3. The van der Waals surface area contributed by atoms with Crippen molar-refractivity contribution in [3.8, 4) is 0 Å². The van der Waals surface area contributed by atoms with Crippen LogP contribution in [-0.4, -0.2) is 37.9 Å². The van der Waals surface area contributed by atoms with Crippen LogP contribution in [0.15, 0.2) is 0 Å². The molecule has 0 bridgehead atoms. The molecular weight excluding hydrogens is 248 g/mol. The van der Waals surface area contributed by atoms with Gasteiger partial charge >= 0.3 is 5.97 Å². The Bertz CT molecular complexity index is 242. The summed E-state index contributed by atoms with van der Waals surface area (Å²) >= 11 is 0. The number of ether oxygens (including phenoxy) is 3. The van der Waals surface area contributed by atoms with Gasteiger partial charge in [0.05, 0.1) is 0 Å². The lowest BCUT2D eigenvalue weighted by Gasteiger charge is -2.18. The quantitative estimate of drug-likeness (QED) is 0.237. The summed E-state index contributed by atoms with van der Waals surface area (Å²) in [5.74, 6) is -0.740. The van der Waals surface area contributed by atoms with Crippen LogP contribution in [-0.2, 0) is 23.8 Å². The number of hydrogen-bond acceptors (Lipinski definition) is 5. The van der Waals surface area contributed by atoms with E-state index in [0.717, 1.165) is 25.7 Å². The highest BCUT2D eigenvalue weighted by molar-refractivity contribution is 5.94. The average molecular weight is 274 g/mol. The zero-order valence-electron chi connectivity index (χ0n) is 12.3. The summed E-state index contributed by atoms with van der Waals surface area (Å²) in [4.78, 5) is 22.0. The number of unbranched alkanes of at least 4 members (excludes halogenated alkanes) is 2. The van der Waals surface area contributed by atoms with Crippen molar-refractivity contribution in [2.24, 2.45) is 0 Å². The number of carbonyl (C=O) groups is 2. The fraction of sp³-hybridized carbons (Fsp3) is 0.857. The molecule has 112 valence electrons. The molecule has 0 aromatic rings. The second-order valence-electron chi connectivity index (χ2n) is 4.44. The van der Waals surface area contributed by atoms with Gasteiger partial charge in [-0.3, -0.25) is 9.59 Å². The van der Waals surface area contributed by atoms with Gasteiger partial charge < -0.3 is 14.2 Å². The molecule has 0 aliphatic carbocycles. The van der Waals surface area contributed by atoms with Crippen molar-refractivity contribution < 1.29 is 23.8 Å². The second-order valence-corrected chi connectivity index (χ2v) is 4.44. The molecular formula is C14H26O5. The van der Waals surface area contributed by atoms with E-state index >= 15 is 0 Å². The average Bonchev–Trinajstić information content (AvgIpc) is 2.35. The second kappa shape index (κ2) is 12.1. The Balaban J connectivity index is 3.94. The number of hydrogen-bond donors (Lipinski definition) is 0. The Hall–Kier alpha value is -0.940. The van der Waals surface area contributed by atoms with Gasteiger partial charge in [0.15, 0.2) is 6.29 Å². The molecule has 0 heterocycles. The smallest absolute Gasteiger partial charge is 0.313 e. The van der Waals surface area contributed by atoms with Gasteiger partial charge in [0.25, 0.3) is 0 Å². The minimum absolute atomic E-state index is 0.0412. The summed E-state index contributed by atoms with van der Waals surface area (Å²) in [7, 11) is 0. The predicted molar refractivity (Wildman–Crippen MR) is 71.8 cm³/mol. The van der Waals surface area contributed by atoms with Gasteiger partial charge in [0, 0.05) is 13.2 Å². The van der Waals surface area contributed by atoms with E-state index in [-0.39, 0.29) is 18.8 Å². The molecule has 0 aromatic heterocycles. The van der Waals surface area contributed by atoms with E-state index in [0.29, 0.717) is 13.2 Å². The first-order valence-electron chi connectivity index (χ1n) is 6.98. The highest BCUT2D eigenvalue weighted by Crippen LogP contribution is 2.02. The van der Waals surface area contributed by atoms with E-state index in [2.05, 4.69) is 13.8 Å². The highest BCUT2D eigenvalue weighted by Gasteiger charge is 2.13. The lowest BCUT2D eigenvalue weighted by molar-refractivity contribution is -0.183. The molecule has 0 rings (SSSR count). The Morgan fingerprint density at radius 1 is 1.00 bits per heavy atom. The van der Waals surface area contributed by atoms with E-state index in [1.165, 1.54) is 6.92 Å². The topological polar surface area (TPSA) is 61.8 Å². The molecule has 0 unspecified atom stereocenters. The van der Waals surface area contributed by atoms with Crippen LogP contribution in [0.2, 0.25) is 0 Å². The van der Waals surface area contributed by atoms with Crippen molar-refractivity contribution in [2.75, 3.05) is 19.8 Å². The normalized spacial score (nSPS) is 10.7. The van der Waals surface area contributed by atoms with E-state index in [1.807, 2.05) is 0 Å². The molecule has 0 saturated carbocycles. The van der Waals surface area contributed by atoms with Crippen molar-refractivity contribution in [3.05, 3.63) is 0 Å². The Kier molecular flexibility index (Phi) is 11.5. The largest absolute Gasteiger partial charge is 0.460 e. The molecule has 0 amide bonds. The summed E-state index contributed by atoms with van der Waals surface area (Å²) in [6, 6.07) is 0. The third kappa shape index (κ3) is 11.9. The van der Waals surface area contributed by atoms with Crippen molar-refractivity contribution in [2.45, 2.75) is 59.2 Å². The van der Waals surface area contributed by atoms with Gasteiger partial charge in [-0.2, -0.15) is 0 Å². The number of carbonyl (C=O) groups excluding carboxylic acids is 2. The maximum absolute atomic E-state index is 11.3. The SMILES string of the molecule is CCCCOC(COC(=O)CC(C)=O)OCCCC. The van der Waals surface area contributed by atoms with E-state index in [4.69, 9.17) is 14.2 Å². The Morgan fingerprint density at radius 2 is 1.53 bits per heavy atom. The van der Waals surface area contributed by atoms with Crippen LogP contribution in [0.5, 0.6) is 0 Å². The van der Waals surface area contributed by atoms with Crippen LogP contribution in [0.3, 0.4) is 0 Å². The minimum atomic E-state index is -0.533. The van der Waals surface area contributed by atoms with Crippen molar-refractivity contribution in [3.63, 3.8) is 0 Å². The first-order valence-corrected chi connectivity index (χ1v) is 6.98. The molecule has 0 N–H and O–H groups in total. The fourth-order valence-electron chi connectivity index (χ4n) is 1.28. The van der Waals surface area contributed by atoms with Crippen LogP contribution in [0.4, 0.5) is 0 Å². The monoisotopic (exact) mass is 274 g/mol. The van der Waals surface area contributed by atoms with Crippen LogP contribution < -0.4 is 0 Å². The Labute approximate surface area is 115 Å². The van der Waals surface area contributed by atoms with Gasteiger partial charge in [-0.15, -0.1) is 0 Å². The molecule has 0 atom stereocenters. The van der Waals surface area contributed by atoms with E-state index in [9.17, 15) is 9.59 Å². The van der Waals surface area contributed by atoms with Crippen molar-refractivity contribution in [1.29, 1.82) is 0 Å². The van der Waals surface area contributed by atoms with Gasteiger partial charge in [0.1, 0.15) is 18.8 Å². The maximum Gasteiger partial charge on any atom is 0.313 e. The highest BCUT2D eigenvalue weighted by atomic mass is 16.7. The summed E-state index contributed by atoms with van der Waals surface area (Å²) in [5.41, 5.74) is 0. The third-order valence-corrected chi connectivity index (χ3v) is 2.38. The maximum atomic E-state index is 11.3. The summed E-state index contributed by atoms with van der Waals surface area (Å²) in [6.07, 6.45) is 3.21. The van der Waals surface area contributed by atoms with Crippen LogP contribution in [0, 0.1) is 0 Å². The van der Waals surface area contributed by atoms with Gasteiger partial charge in [-0.05, 0) is 19.8 Å². The first kappa shape index (κ1) is 18.1. The molecule has 0 aliphatic heterocycles. The fourth-order valence-corrected chi connectivity index (χ4v) is 1.28. The van der Waals surface area contributed by atoms with Crippen molar-refractivity contribution >= 4 is 11.8 Å².